The van der Waals surface area contributed by atoms with Gasteiger partial charge in [-0.3, -0.25) is 0 Å². The van der Waals surface area contributed by atoms with Crippen molar-refractivity contribution in [1.82, 2.24) is 0 Å². The molecule has 0 aliphatic rings. The topological polar surface area (TPSA) is 83.1 Å². The monoisotopic (exact) mass is 309 g/mol. The molecule has 0 heterocycles. The SMILES string of the molecule is COC(=O)/C=C(/Nc1cccc(C(OC)OC)c1)C(=O)OC. The van der Waals surface area contributed by atoms with Crippen LogP contribution in [0.1, 0.15) is 11.9 Å². The third-order valence-electron chi connectivity index (χ3n) is 2.73. The van der Waals surface area contributed by atoms with E-state index < -0.39 is 18.2 Å². The summed E-state index contributed by atoms with van der Waals surface area (Å²) in [6.07, 6.45) is 0.482. The molecule has 1 rings (SSSR count). The molecule has 1 aromatic rings. The van der Waals surface area contributed by atoms with Crippen molar-refractivity contribution in [2.75, 3.05) is 33.8 Å². The van der Waals surface area contributed by atoms with Crippen molar-refractivity contribution < 1.29 is 28.5 Å². The van der Waals surface area contributed by atoms with Crippen molar-refractivity contribution in [3.8, 4) is 0 Å². The molecule has 0 aliphatic carbocycles. The Morgan fingerprint density at radius 1 is 1.09 bits per heavy atom. The molecule has 0 unspecified atom stereocenters. The van der Waals surface area contributed by atoms with Crippen molar-refractivity contribution >= 4 is 17.6 Å². The summed E-state index contributed by atoms with van der Waals surface area (Å²) < 4.78 is 19.5. The Kier molecular flexibility index (Phi) is 7.07. The van der Waals surface area contributed by atoms with Gasteiger partial charge in [-0.2, -0.15) is 0 Å². The van der Waals surface area contributed by atoms with Crippen molar-refractivity contribution in [2.24, 2.45) is 0 Å². The maximum atomic E-state index is 11.7. The predicted octanol–water partition coefficient (Wildman–Crippen LogP) is 1.62. The lowest BCUT2D eigenvalue weighted by molar-refractivity contribution is -0.138. The minimum absolute atomic E-state index is 0.0436. The maximum absolute atomic E-state index is 11.7. The van der Waals surface area contributed by atoms with E-state index in [1.54, 1.807) is 18.2 Å². The van der Waals surface area contributed by atoms with Gasteiger partial charge in [0, 0.05) is 25.5 Å². The molecule has 0 atom stereocenters. The lowest BCUT2D eigenvalue weighted by Crippen LogP contribution is -2.15. The number of nitrogens with one attached hydrogen (secondary N) is 1. The van der Waals surface area contributed by atoms with Gasteiger partial charge in [0.25, 0.3) is 0 Å². The van der Waals surface area contributed by atoms with Crippen LogP contribution in [-0.2, 0) is 28.5 Å². The van der Waals surface area contributed by atoms with E-state index in [0.717, 1.165) is 11.6 Å². The van der Waals surface area contributed by atoms with Gasteiger partial charge in [0.15, 0.2) is 6.29 Å². The van der Waals surface area contributed by atoms with Crippen LogP contribution in [0.25, 0.3) is 0 Å². The Morgan fingerprint density at radius 3 is 2.32 bits per heavy atom. The molecule has 7 nitrogen and oxygen atoms in total. The van der Waals surface area contributed by atoms with Crippen LogP contribution >= 0.6 is 0 Å². The molecule has 0 radical (unpaired) electrons. The third kappa shape index (κ3) is 4.87. The molecule has 0 fully saturated rings. The molecule has 0 aromatic heterocycles. The molecule has 22 heavy (non-hydrogen) atoms. The number of methoxy groups -OCH3 is 4. The standard InChI is InChI=1S/C15H19NO6/c1-19-13(17)9-12(14(18)20-2)16-11-7-5-6-10(8-11)15(21-3)22-4/h5-9,15-16H,1-4H3/b12-9+. The molecule has 0 amide bonds. The van der Waals surface area contributed by atoms with Crippen LogP contribution in [0.3, 0.4) is 0 Å². The Bertz CT molecular complexity index is 551. The predicted molar refractivity (Wildman–Crippen MR) is 78.9 cm³/mol. The minimum atomic E-state index is -0.689. The van der Waals surface area contributed by atoms with Gasteiger partial charge < -0.3 is 24.3 Å². The number of rotatable bonds is 7. The fourth-order valence-corrected chi connectivity index (χ4v) is 1.72. The normalized spacial score (nSPS) is 11.2. The summed E-state index contributed by atoms with van der Waals surface area (Å²) in [5, 5.41) is 2.81. The first kappa shape index (κ1) is 17.7. The summed E-state index contributed by atoms with van der Waals surface area (Å²) >= 11 is 0. The number of ether oxygens (including phenoxy) is 4. The number of hydrogen-bond donors (Lipinski definition) is 1. The van der Waals surface area contributed by atoms with E-state index in [1.807, 2.05) is 6.07 Å². The number of esters is 2. The molecule has 0 saturated heterocycles. The van der Waals surface area contributed by atoms with E-state index in [0.29, 0.717) is 5.69 Å². The number of carbonyl (C=O) groups excluding carboxylic acids is 2. The number of hydrogen-bond acceptors (Lipinski definition) is 7. The number of carbonyl (C=O) groups is 2. The highest BCUT2D eigenvalue weighted by atomic mass is 16.7. The highest BCUT2D eigenvalue weighted by molar-refractivity contribution is 5.98. The van der Waals surface area contributed by atoms with Crippen molar-refractivity contribution in [3.63, 3.8) is 0 Å². The molecule has 0 saturated carbocycles. The van der Waals surface area contributed by atoms with Gasteiger partial charge in [-0.15, -0.1) is 0 Å². The quantitative estimate of drug-likeness (QED) is 0.465. The molecule has 1 aromatic carbocycles. The van der Waals surface area contributed by atoms with Crippen LogP contribution in [0.4, 0.5) is 5.69 Å². The van der Waals surface area contributed by atoms with Crippen LogP contribution in [0.15, 0.2) is 36.0 Å². The summed E-state index contributed by atoms with van der Waals surface area (Å²) in [5.41, 5.74) is 1.27. The summed E-state index contributed by atoms with van der Waals surface area (Å²) in [4.78, 5) is 23.0. The van der Waals surface area contributed by atoms with Crippen molar-refractivity contribution in [2.45, 2.75) is 6.29 Å². The average Bonchev–Trinajstić information content (AvgIpc) is 2.55. The molecule has 0 spiro atoms. The smallest absolute Gasteiger partial charge is 0.354 e. The summed E-state index contributed by atoms with van der Waals surface area (Å²) in [6.45, 7) is 0. The van der Waals surface area contributed by atoms with Gasteiger partial charge in [-0.25, -0.2) is 9.59 Å². The Labute approximate surface area is 128 Å². The van der Waals surface area contributed by atoms with E-state index in [2.05, 4.69) is 14.8 Å². The fourth-order valence-electron chi connectivity index (χ4n) is 1.72. The van der Waals surface area contributed by atoms with Crippen LogP contribution in [-0.4, -0.2) is 40.4 Å². The molecule has 1 N–H and O–H groups in total. The van der Waals surface area contributed by atoms with Gasteiger partial charge in [-0.05, 0) is 12.1 Å². The molecular weight excluding hydrogens is 290 g/mol. The van der Waals surface area contributed by atoms with Gasteiger partial charge in [0.05, 0.1) is 20.3 Å². The Morgan fingerprint density at radius 2 is 1.77 bits per heavy atom. The second-order valence-corrected chi connectivity index (χ2v) is 4.13. The van der Waals surface area contributed by atoms with E-state index in [1.165, 1.54) is 28.4 Å². The zero-order chi connectivity index (χ0) is 16.5. The first-order valence-electron chi connectivity index (χ1n) is 6.36. The van der Waals surface area contributed by atoms with Gasteiger partial charge in [0.1, 0.15) is 5.70 Å². The molecule has 0 aliphatic heterocycles. The summed E-state index contributed by atoms with van der Waals surface area (Å²) in [7, 11) is 5.48. The minimum Gasteiger partial charge on any atom is -0.466 e. The van der Waals surface area contributed by atoms with E-state index >= 15 is 0 Å². The fraction of sp³-hybridized carbons (Fsp3) is 0.333. The zero-order valence-corrected chi connectivity index (χ0v) is 12.9. The Balaban J connectivity index is 3.03. The average molecular weight is 309 g/mol. The van der Waals surface area contributed by atoms with Crippen LogP contribution in [0.5, 0.6) is 0 Å². The second kappa shape index (κ2) is 8.81. The van der Waals surface area contributed by atoms with Crippen LogP contribution < -0.4 is 5.32 Å². The number of benzene rings is 1. The highest BCUT2D eigenvalue weighted by Gasteiger charge is 2.14. The largest absolute Gasteiger partial charge is 0.466 e. The van der Waals surface area contributed by atoms with Crippen molar-refractivity contribution in [3.05, 3.63) is 41.6 Å². The van der Waals surface area contributed by atoms with Gasteiger partial charge in [-0.1, -0.05) is 12.1 Å². The first-order valence-corrected chi connectivity index (χ1v) is 6.36. The summed E-state index contributed by atoms with van der Waals surface area (Å²) in [6, 6.07) is 7.02. The van der Waals surface area contributed by atoms with Gasteiger partial charge >= 0.3 is 11.9 Å². The van der Waals surface area contributed by atoms with Gasteiger partial charge in [0.2, 0.25) is 0 Å². The lowest BCUT2D eigenvalue weighted by Gasteiger charge is -2.15. The molecule has 120 valence electrons. The lowest BCUT2D eigenvalue weighted by atomic mass is 10.2. The maximum Gasteiger partial charge on any atom is 0.354 e. The number of anilines is 1. The third-order valence-corrected chi connectivity index (χ3v) is 2.73. The van der Waals surface area contributed by atoms with Crippen molar-refractivity contribution in [1.29, 1.82) is 0 Å². The van der Waals surface area contributed by atoms with E-state index in [9.17, 15) is 9.59 Å². The van der Waals surface area contributed by atoms with Crippen LogP contribution in [0.2, 0.25) is 0 Å². The van der Waals surface area contributed by atoms with E-state index in [-0.39, 0.29) is 5.70 Å². The summed E-state index contributed by atoms with van der Waals surface area (Å²) in [5.74, 6) is -1.36. The molecule has 0 bridgehead atoms. The molecule has 7 heteroatoms. The zero-order valence-electron chi connectivity index (χ0n) is 12.9. The van der Waals surface area contributed by atoms with E-state index in [4.69, 9.17) is 9.47 Å². The second-order valence-electron chi connectivity index (χ2n) is 4.13. The highest BCUT2D eigenvalue weighted by Crippen LogP contribution is 2.21. The Hall–Kier alpha value is -2.38. The molecular formula is C15H19NO6. The van der Waals surface area contributed by atoms with Crippen LogP contribution in [0, 0.1) is 0 Å². The first-order chi connectivity index (χ1) is 10.5.